The normalized spacial score (nSPS) is 30.1. The highest BCUT2D eigenvalue weighted by molar-refractivity contribution is 5.79. The molecule has 1 rings (SSSR count). The van der Waals surface area contributed by atoms with Gasteiger partial charge in [0.05, 0.1) is 12.0 Å². The molecule has 3 atom stereocenters. The number of hydrogen-bond acceptors (Lipinski definition) is 3. The summed E-state index contributed by atoms with van der Waals surface area (Å²) in [5.41, 5.74) is 0. The lowest BCUT2D eigenvalue weighted by Gasteiger charge is -2.15. The molecule has 0 aromatic rings. The fraction of sp³-hybridized carbons (Fsp3) is 0.889. The number of amides is 1. The number of carbonyl (C=O) groups is 1. The molecule has 2 unspecified atom stereocenters. The minimum atomic E-state index is -0.464. The van der Waals surface area contributed by atoms with E-state index in [2.05, 4.69) is 10.6 Å². The average Bonchev–Trinajstić information content (AvgIpc) is 2.47. The fourth-order valence-electron chi connectivity index (χ4n) is 1.60. The van der Waals surface area contributed by atoms with Gasteiger partial charge in [0.25, 0.3) is 0 Å². The van der Waals surface area contributed by atoms with Crippen molar-refractivity contribution in [3.05, 3.63) is 0 Å². The maximum Gasteiger partial charge on any atom is 0.224 e. The van der Waals surface area contributed by atoms with Gasteiger partial charge in [-0.15, -0.1) is 0 Å². The second kappa shape index (κ2) is 4.58. The SMILES string of the molecule is CC1NCCC1C(=O)NC[C@@H](C)O. The van der Waals surface area contributed by atoms with E-state index in [1.54, 1.807) is 6.92 Å². The van der Waals surface area contributed by atoms with E-state index in [1.165, 1.54) is 0 Å². The third kappa shape index (κ3) is 2.97. The Morgan fingerprint density at radius 3 is 2.92 bits per heavy atom. The van der Waals surface area contributed by atoms with Gasteiger partial charge in [-0.2, -0.15) is 0 Å². The largest absolute Gasteiger partial charge is 0.392 e. The van der Waals surface area contributed by atoms with E-state index < -0.39 is 6.10 Å². The predicted molar refractivity (Wildman–Crippen MR) is 50.3 cm³/mol. The molecule has 3 N–H and O–H groups in total. The number of rotatable bonds is 3. The molecule has 1 aliphatic heterocycles. The van der Waals surface area contributed by atoms with Gasteiger partial charge in [0.2, 0.25) is 5.91 Å². The van der Waals surface area contributed by atoms with Crippen LogP contribution in [0.2, 0.25) is 0 Å². The molecule has 0 aromatic carbocycles. The summed E-state index contributed by atoms with van der Waals surface area (Å²) < 4.78 is 0. The molecule has 1 fully saturated rings. The lowest BCUT2D eigenvalue weighted by molar-refractivity contribution is -0.125. The van der Waals surface area contributed by atoms with E-state index in [4.69, 9.17) is 5.11 Å². The van der Waals surface area contributed by atoms with Crippen molar-refractivity contribution >= 4 is 5.91 Å². The van der Waals surface area contributed by atoms with Crippen molar-refractivity contribution in [1.82, 2.24) is 10.6 Å². The van der Waals surface area contributed by atoms with Gasteiger partial charge >= 0.3 is 0 Å². The minimum Gasteiger partial charge on any atom is -0.392 e. The van der Waals surface area contributed by atoms with Crippen LogP contribution in [0.15, 0.2) is 0 Å². The Bertz CT molecular complexity index is 182. The monoisotopic (exact) mass is 186 g/mol. The van der Waals surface area contributed by atoms with E-state index in [0.717, 1.165) is 13.0 Å². The predicted octanol–water partition coefficient (Wildman–Crippen LogP) is -0.519. The average molecular weight is 186 g/mol. The summed E-state index contributed by atoms with van der Waals surface area (Å²) in [5.74, 6) is 0.122. The maximum absolute atomic E-state index is 11.5. The third-order valence-electron chi connectivity index (χ3n) is 2.43. The Labute approximate surface area is 78.7 Å². The molecule has 0 spiro atoms. The maximum atomic E-state index is 11.5. The van der Waals surface area contributed by atoms with E-state index in [0.29, 0.717) is 6.54 Å². The molecule has 1 amide bonds. The van der Waals surface area contributed by atoms with E-state index in [-0.39, 0.29) is 17.9 Å². The van der Waals surface area contributed by atoms with Crippen molar-refractivity contribution in [3.8, 4) is 0 Å². The zero-order valence-electron chi connectivity index (χ0n) is 8.21. The molecule has 0 saturated carbocycles. The first-order valence-electron chi connectivity index (χ1n) is 4.80. The Morgan fingerprint density at radius 1 is 1.77 bits per heavy atom. The Kier molecular flexibility index (Phi) is 3.69. The van der Waals surface area contributed by atoms with Crippen LogP contribution in [0.25, 0.3) is 0 Å². The first-order valence-corrected chi connectivity index (χ1v) is 4.80. The van der Waals surface area contributed by atoms with Crippen molar-refractivity contribution in [2.24, 2.45) is 5.92 Å². The van der Waals surface area contributed by atoms with Gasteiger partial charge in [0, 0.05) is 12.6 Å². The van der Waals surface area contributed by atoms with E-state index in [1.807, 2.05) is 6.92 Å². The minimum absolute atomic E-state index is 0.0541. The quantitative estimate of drug-likeness (QED) is 0.556. The van der Waals surface area contributed by atoms with Crippen LogP contribution in [0.5, 0.6) is 0 Å². The van der Waals surface area contributed by atoms with Crippen molar-refractivity contribution in [3.63, 3.8) is 0 Å². The Balaban J connectivity index is 2.30. The van der Waals surface area contributed by atoms with Gasteiger partial charge in [-0.25, -0.2) is 0 Å². The molecule has 13 heavy (non-hydrogen) atoms. The second-order valence-corrected chi connectivity index (χ2v) is 3.73. The smallest absolute Gasteiger partial charge is 0.224 e. The summed E-state index contributed by atoms with van der Waals surface area (Å²) in [6.07, 6.45) is 0.431. The topological polar surface area (TPSA) is 61.4 Å². The highest BCUT2D eigenvalue weighted by Crippen LogP contribution is 2.14. The van der Waals surface area contributed by atoms with E-state index >= 15 is 0 Å². The summed E-state index contributed by atoms with van der Waals surface area (Å²) in [6, 6.07) is 0.258. The molecular formula is C9H18N2O2. The van der Waals surface area contributed by atoms with Crippen molar-refractivity contribution in [1.29, 1.82) is 0 Å². The standard InChI is InChI=1S/C9H18N2O2/c1-6(12)5-11-9(13)8-3-4-10-7(8)2/h6-8,10,12H,3-5H2,1-2H3,(H,11,13)/t6-,7?,8?/m1/s1. The second-order valence-electron chi connectivity index (χ2n) is 3.73. The number of aliphatic hydroxyl groups is 1. The van der Waals surface area contributed by atoms with Crippen molar-refractivity contribution < 1.29 is 9.90 Å². The molecule has 1 saturated heterocycles. The number of carbonyl (C=O) groups excluding carboxylic acids is 1. The zero-order chi connectivity index (χ0) is 9.84. The lowest BCUT2D eigenvalue weighted by Crippen LogP contribution is -2.39. The van der Waals surface area contributed by atoms with Crippen LogP contribution in [0.3, 0.4) is 0 Å². The summed E-state index contributed by atoms with van der Waals surface area (Å²) in [5, 5.41) is 14.9. The van der Waals surface area contributed by atoms with Gasteiger partial charge in [0.15, 0.2) is 0 Å². The van der Waals surface area contributed by atoms with Crippen LogP contribution in [0.1, 0.15) is 20.3 Å². The van der Waals surface area contributed by atoms with Crippen LogP contribution in [-0.4, -0.2) is 36.2 Å². The molecular weight excluding hydrogens is 168 g/mol. The molecule has 0 bridgehead atoms. The summed E-state index contributed by atoms with van der Waals surface area (Å²) in [7, 11) is 0. The Hall–Kier alpha value is -0.610. The first-order chi connectivity index (χ1) is 6.11. The molecule has 0 aliphatic carbocycles. The van der Waals surface area contributed by atoms with Crippen LogP contribution >= 0.6 is 0 Å². The van der Waals surface area contributed by atoms with Crippen molar-refractivity contribution in [2.45, 2.75) is 32.4 Å². The molecule has 1 aliphatic rings. The number of aliphatic hydroxyl groups excluding tert-OH is 1. The highest BCUT2D eigenvalue weighted by Gasteiger charge is 2.28. The van der Waals surface area contributed by atoms with Crippen molar-refractivity contribution in [2.75, 3.05) is 13.1 Å². The molecule has 0 radical (unpaired) electrons. The summed E-state index contributed by atoms with van der Waals surface area (Å²) >= 11 is 0. The molecule has 4 heteroatoms. The summed E-state index contributed by atoms with van der Waals surface area (Å²) in [6.45, 7) is 4.94. The molecule has 0 aromatic heterocycles. The lowest BCUT2D eigenvalue weighted by atomic mass is 10.0. The van der Waals surface area contributed by atoms with Gasteiger partial charge in [-0.1, -0.05) is 0 Å². The highest BCUT2D eigenvalue weighted by atomic mass is 16.3. The Morgan fingerprint density at radius 2 is 2.46 bits per heavy atom. The van der Waals surface area contributed by atoms with Crippen LogP contribution in [0, 0.1) is 5.92 Å². The molecule has 1 heterocycles. The molecule has 4 nitrogen and oxygen atoms in total. The number of nitrogens with one attached hydrogen (secondary N) is 2. The van der Waals surface area contributed by atoms with Crippen LogP contribution in [0.4, 0.5) is 0 Å². The zero-order valence-corrected chi connectivity index (χ0v) is 8.21. The first kappa shape index (κ1) is 10.5. The number of hydrogen-bond donors (Lipinski definition) is 3. The van der Waals surface area contributed by atoms with Gasteiger partial charge in [-0.3, -0.25) is 4.79 Å². The van der Waals surface area contributed by atoms with Gasteiger partial charge < -0.3 is 15.7 Å². The van der Waals surface area contributed by atoms with Gasteiger partial charge in [-0.05, 0) is 26.8 Å². The fourth-order valence-corrected chi connectivity index (χ4v) is 1.60. The van der Waals surface area contributed by atoms with Crippen LogP contribution in [-0.2, 0) is 4.79 Å². The van der Waals surface area contributed by atoms with E-state index in [9.17, 15) is 4.79 Å². The van der Waals surface area contributed by atoms with Crippen LogP contribution < -0.4 is 10.6 Å². The van der Waals surface area contributed by atoms with Gasteiger partial charge in [0.1, 0.15) is 0 Å². The summed E-state index contributed by atoms with van der Waals surface area (Å²) in [4.78, 5) is 11.5. The third-order valence-corrected chi connectivity index (χ3v) is 2.43. The molecule has 76 valence electrons.